The van der Waals surface area contributed by atoms with Gasteiger partial charge in [0.25, 0.3) is 12.3 Å². The van der Waals surface area contributed by atoms with Crippen molar-refractivity contribution in [3.05, 3.63) is 82.9 Å². The molecule has 4 aromatic rings. The number of carbonyl (C=O) groups excluding carboxylic acids is 2. The third-order valence-corrected chi connectivity index (χ3v) is 9.52. The van der Waals surface area contributed by atoms with Gasteiger partial charge in [-0.1, -0.05) is 69.3 Å². The van der Waals surface area contributed by atoms with Crippen molar-refractivity contribution in [2.24, 2.45) is 12.5 Å². The zero-order valence-electron chi connectivity index (χ0n) is 28.7. The Hall–Kier alpha value is -5.46. The zero-order valence-corrected chi connectivity index (χ0v) is 29.4. The first-order chi connectivity index (χ1) is 24.8. The van der Waals surface area contributed by atoms with Gasteiger partial charge >= 0.3 is 12.3 Å². The van der Waals surface area contributed by atoms with E-state index in [2.05, 4.69) is 37.4 Å². The second-order valence-electron chi connectivity index (χ2n) is 13.7. The summed E-state index contributed by atoms with van der Waals surface area (Å²) in [6, 6.07) is 9.17. The molecule has 14 nitrogen and oxygen atoms in total. The maximum atomic E-state index is 15.0. The molecule has 3 N–H and O–H groups in total. The summed E-state index contributed by atoms with van der Waals surface area (Å²) >= 11 is 6.41. The Labute approximate surface area is 303 Å². The Morgan fingerprint density at radius 3 is 2.40 bits per heavy atom. The van der Waals surface area contributed by atoms with Gasteiger partial charge in [-0.3, -0.25) is 15.1 Å². The van der Waals surface area contributed by atoms with Crippen LogP contribution in [0.2, 0.25) is 5.02 Å². The average molecular weight is 762 g/mol. The molecule has 2 atom stereocenters. The van der Waals surface area contributed by atoms with Gasteiger partial charge in [0.1, 0.15) is 18.5 Å². The number of hydrogen-bond acceptors (Lipinski definition) is 9. The first-order valence-electron chi connectivity index (χ1n) is 16.0. The van der Waals surface area contributed by atoms with Crippen LogP contribution >= 0.6 is 11.6 Å². The number of benzene rings is 2. The third-order valence-electron chi connectivity index (χ3n) is 9.20. The molecule has 0 bridgehead atoms. The number of halogens is 6. The van der Waals surface area contributed by atoms with Crippen LogP contribution in [0.5, 0.6) is 0 Å². The second-order valence-corrected chi connectivity index (χ2v) is 14.1. The molecular formula is C33H33ClF5N11O3. The minimum absolute atomic E-state index is 0.0477. The maximum absolute atomic E-state index is 15.0. The molecule has 53 heavy (non-hydrogen) atoms. The average Bonchev–Trinajstić information content (AvgIpc) is 3.39. The number of aryl methyl sites for hydroxylation is 1. The lowest BCUT2D eigenvalue weighted by Gasteiger charge is -2.37. The number of tetrazole rings is 1. The Morgan fingerprint density at radius 2 is 1.83 bits per heavy atom. The van der Waals surface area contributed by atoms with Gasteiger partial charge in [-0.05, 0) is 52.3 Å². The number of carbonyl (C=O) groups is 2. The number of ether oxygens (including phenoxy) is 1. The van der Waals surface area contributed by atoms with Crippen LogP contribution in [0.4, 0.5) is 26.7 Å². The molecule has 2 amide bonds. The summed E-state index contributed by atoms with van der Waals surface area (Å²) in [7, 11) is 1.60. The molecule has 1 saturated heterocycles. The molecule has 2 fully saturated rings. The molecule has 280 valence electrons. The van der Waals surface area contributed by atoms with E-state index in [0.29, 0.717) is 22.5 Å². The maximum Gasteiger partial charge on any atom is 0.411 e. The van der Waals surface area contributed by atoms with E-state index in [1.165, 1.54) is 23.0 Å². The molecule has 0 spiro atoms. The molecule has 1 aliphatic carbocycles. The van der Waals surface area contributed by atoms with E-state index in [1.807, 2.05) is 26.1 Å². The summed E-state index contributed by atoms with van der Waals surface area (Å²) in [6.45, 7) is 8.95. The van der Waals surface area contributed by atoms with Crippen LogP contribution in [0.15, 0.2) is 60.9 Å². The van der Waals surface area contributed by atoms with E-state index in [1.54, 1.807) is 31.3 Å². The number of guanidine groups is 1. The predicted molar refractivity (Wildman–Crippen MR) is 179 cm³/mol. The molecule has 2 aromatic heterocycles. The van der Waals surface area contributed by atoms with Crippen LogP contribution in [0.25, 0.3) is 17.1 Å². The number of nitrogens with one attached hydrogen (secondary N) is 3. The van der Waals surface area contributed by atoms with Gasteiger partial charge in [0.15, 0.2) is 17.3 Å². The van der Waals surface area contributed by atoms with Crippen LogP contribution in [-0.4, -0.2) is 76.2 Å². The molecule has 1 aliphatic heterocycles. The van der Waals surface area contributed by atoms with E-state index in [9.17, 15) is 26.7 Å². The highest BCUT2D eigenvalue weighted by molar-refractivity contribution is 6.32. The lowest BCUT2D eigenvalue weighted by molar-refractivity contribution is -0.164. The van der Waals surface area contributed by atoms with E-state index >= 15 is 4.79 Å². The van der Waals surface area contributed by atoms with Gasteiger partial charge in [-0.15, -0.1) is 10.2 Å². The van der Waals surface area contributed by atoms with Crippen molar-refractivity contribution in [3.8, 4) is 17.1 Å². The number of alkyl halides is 5. The number of hydrogen-bond donors (Lipinski definition) is 3. The number of nitrogens with zero attached hydrogens (tertiary/aromatic N) is 8. The van der Waals surface area contributed by atoms with Crippen molar-refractivity contribution >= 4 is 29.6 Å². The quantitative estimate of drug-likeness (QED) is 0.134. The summed E-state index contributed by atoms with van der Waals surface area (Å²) in [6.07, 6.45) is -9.00. The molecule has 2 aliphatic rings. The van der Waals surface area contributed by atoms with Crippen LogP contribution in [-0.2, 0) is 22.1 Å². The Morgan fingerprint density at radius 1 is 1.15 bits per heavy atom. The lowest BCUT2D eigenvalue weighted by Crippen LogP contribution is -2.49. The number of alkyl carbamates (subject to hydrolysis) is 1. The van der Waals surface area contributed by atoms with E-state index < -0.39 is 65.5 Å². The summed E-state index contributed by atoms with van der Waals surface area (Å²) in [5, 5.41) is 29.8. The Kier molecular flexibility index (Phi) is 9.28. The van der Waals surface area contributed by atoms with Crippen molar-refractivity contribution in [2.75, 3.05) is 6.61 Å². The molecule has 2 aromatic carbocycles. The Bertz CT molecular complexity index is 2090. The highest BCUT2D eigenvalue weighted by Gasteiger charge is 2.65. The summed E-state index contributed by atoms with van der Waals surface area (Å²) in [5.41, 5.74) is -3.70. The lowest BCUT2D eigenvalue weighted by atomic mass is 9.71. The minimum Gasteiger partial charge on any atom is -0.447 e. The van der Waals surface area contributed by atoms with Gasteiger partial charge in [0.05, 0.1) is 23.8 Å². The number of aromatic nitrogens is 7. The minimum atomic E-state index is -4.74. The fraction of sp³-hybridized carbons (Fsp3) is 0.394. The summed E-state index contributed by atoms with van der Waals surface area (Å²) < 4.78 is 74.8. The van der Waals surface area contributed by atoms with Crippen molar-refractivity contribution < 1.29 is 36.3 Å². The number of amides is 2. The smallest absolute Gasteiger partial charge is 0.411 e. The fourth-order valence-electron chi connectivity index (χ4n) is 6.07. The van der Waals surface area contributed by atoms with Gasteiger partial charge in [-0.25, -0.2) is 23.2 Å². The van der Waals surface area contributed by atoms with Crippen molar-refractivity contribution in [1.29, 1.82) is 5.41 Å². The van der Waals surface area contributed by atoms with Gasteiger partial charge in [0.2, 0.25) is 5.82 Å². The summed E-state index contributed by atoms with van der Waals surface area (Å²) in [5.74, 6) is -1.65. The third kappa shape index (κ3) is 6.68. The van der Waals surface area contributed by atoms with Gasteiger partial charge in [-0.2, -0.15) is 23.1 Å². The molecule has 3 heterocycles. The van der Waals surface area contributed by atoms with E-state index in [4.69, 9.17) is 21.7 Å². The van der Waals surface area contributed by atoms with E-state index in [0.717, 1.165) is 15.9 Å². The molecule has 6 rings (SSSR count). The SMILES string of the molecule is C=C(C(C)(C)C)[C@]1(c2ccc(-c3nnn(C)n3)cc2)NC(=N)N([C@H](COC(=O)NC2(C(F)(F)F)CC2)c2ccc(Cl)c(-n3ncnc3C(F)F)c2)C1=O. The van der Waals surface area contributed by atoms with Crippen LogP contribution in [0, 0.1) is 10.8 Å². The largest absolute Gasteiger partial charge is 0.447 e. The van der Waals surface area contributed by atoms with Gasteiger partial charge in [0, 0.05) is 5.56 Å². The predicted octanol–water partition coefficient (Wildman–Crippen LogP) is 5.78. The fourth-order valence-corrected chi connectivity index (χ4v) is 6.27. The van der Waals surface area contributed by atoms with Crippen LogP contribution in [0.1, 0.15) is 63.0 Å². The number of rotatable bonds is 10. The second kappa shape index (κ2) is 13.2. The van der Waals surface area contributed by atoms with Crippen LogP contribution in [0.3, 0.4) is 0 Å². The Balaban J connectivity index is 1.43. The van der Waals surface area contributed by atoms with E-state index in [-0.39, 0.29) is 29.1 Å². The molecular weight excluding hydrogens is 729 g/mol. The van der Waals surface area contributed by atoms with Crippen molar-refractivity contribution in [3.63, 3.8) is 0 Å². The highest BCUT2D eigenvalue weighted by atomic mass is 35.5. The van der Waals surface area contributed by atoms with Crippen LogP contribution < -0.4 is 10.6 Å². The first-order valence-corrected chi connectivity index (χ1v) is 16.4. The van der Waals surface area contributed by atoms with Crippen molar-refractivity contribution in [1.82, 2.24) is 50.5 Å². The monoisotopic (exact) mass is 761 g/mol. The van der Waals surface area contributed by atoms with Crippen molar-refractivity contribution in [2.45, 2.75) is 63.3 Å². The standard InChI is InChI=1S/C33H33ClF5N11O3/c1-17(30(2,3)4)32(20-9-6-18(7-10-20)25-45-47-48(5)46-25)27(51)49(28(40)43-32)23(15-53-29(52)44-31(12-13-31)33(37,38)39)19-8-11-21(34)22(14-19)50-26(24(35)36)41-16-42-50/h6-11,14,16,23-24H,1,12-13,15H2,2-5H3,(H2,40,43)(H,44,52)/t23-,32-/m1/s1. The normalized spacial score (nSPS) is 19.0. The molecule has 20 heteroatoms. The topological polar surface area (TPSA) is 169 Å². The first kappa shape index (κ1) is 37.3. The zero-order chi connectivity index (χ0) is 38.7. The highest BCUT2D eigenvalue weighted by Crippen LogP contribution is 2.49. The summed E-state index contributed by atoms with van der Waals surface area (Å²) in [4.78, 5) is 33.7. The molecule has 0 unspecified atom stereocenters. The molecule has 1 saturated carbocycles. The van der Waals surface area contributed by atoms with Gasteiger partial charge < -0.3 is 15.4 Å². The molecule has 0 radical (unpaired) electrons.